The van der Waals surface area contributed by atoms with E-state index in [1.54, 1.807) is 0 Å². The first-order valence-corrected chi connectivity index (χ1v) is 6.09. The molecule has 1 nitrogen and oxygen atoms in total. The van der Waals surface area contributed by atoms with Crippen LogP contribution in [0.4, 0.5) is 13.2 Å². The molecule has 1 atom stereocenters. The van der Waals surface area contributed by atoms with Gasteiger partial charge in [-0.1, -0.05) is 11.6 Å². The number of hydrogen-bond acceptors (Lipinski definition) is 1. The van der Waals surface area contributed by atoms with Crippen molar-refractivity contribution in [2.24, 2.45) is 0 Å². The summed E-state index contributed by atoms with van der Waals surface area (Å²) in [5, 5.41) is -0.944. The fraction of sp³-hybridized carbons (Fsp3) is 0.400. The van der Waals surface area contributed by atoms with Gasteiger partial charge in [-0.25, -0.2) is 0 Å². The lowest BCUT2D eigenvalue weighted by Gasteiger charge is -2.17. The standard InChI is InChI=1S/C10H8BrCl2F3O/c1-17-9-6(2-5(12)3-7(9)11)8(13)4-10(14,15)16/h2-3,8H,4H2,1H3. The number of rotatable bonds is 3. The van der Waals surface area contributed by atoms with Gasteiger partial charge in [-0.3, -0.25) is 0 Å². The van der Waals surface area contributed by atoms with E-state index in [0.29, 0.717) is 9.50 Å². The Bertz CT molecular complexity index is 409. The lowest BCUT2D eigenvalue weighted by Crippen LogP contribution is -2.11. The second kappa shape index (κ2) is 5.67. The Morgan fingerprint density at radius 1 is 1.41 bits per heavy atom. The predicted octanol–water partition coefficient (Wildman–Crippen LogP) is 5.34. The minimum absolute atomic E-state index is 0.214. The average molecular weight is 352 g/mol. The third-order valence-corrected chi connectivity index (χ3v) is 3.19. The van der Waals surface area contributed by atoms with Gasteiger partial charge in [0.1, 0.15) is 5.75 Å². The molecule has 0 heterocycles. The van der Waals surface area contributed by atoms with E-state index in [-0.39, 0.29) is 11.3 Å². The first-order valence-electron chi connectivity index (χ1n) is 4.48. The Labute approximate surface area is 115 Å². The van der Waals surface area contributed by atoms with Gasteiger partial charge in [0.25, 0.3) is 0 Å². The van der Waals surface area contributed by atoms with Crippen molar-refractivity contribution in [2.45, 2.75) is 18.0 Å². The molecule has 0 aliphatic carbocycles. The van der Waals surface area contributed by atoms with E-state index in [1.165, 1.54) is 19.2 Å². The summed E-state index contributed by atoms with van der Waals surface area (Å²) >= 11 is 14.7. The maximum Gasteiger partial charge on any atom is 0.390 e. The minimum atomic E-state index is -4.34. The molecular formula is C10H8BrCl2F3O. The number of alkyl halides is 4. The largest absolute Gasteiger partial charge is 0.495 e. The Morgan fingerprint density at radius 3 is 2.47 bits per heavy atom. The molecular weight excluding hydrogens is 344 g/mol. The van der Waals surface area contributed by atoms with E-state index < -0.39 is 18.0 Å². The van der Waals surface area contributed by atoms with E-state index in [9.17, 15) is 13.2 Å². The minimum Gasteiger partial charge on any atom is -0.495 e. The second-order valence-electron chi connectivity index (χ2n) is 3.30. The topological polar surface area (TPSA) is 9.23 Å². The molecule has 0 N–H and O–H groups in total. The van der Waals surface area contributed by atoms with Crippen molar-refractivity contribution in [3.63, 3.8) is 0 Å². The zero-order valence-electron chi connectivity index (χ0n) is 8.62. The van der Waals surface area contributed by atoms with Crippen LogP contribution < -0.4 is 4.74 Å². The van der Waals surface area contributed by atoms with Gasteiger partial charge in [-0.15, -0.1) is 11.6 Å². The molecule has 0 saturated heterocycles. The summed E-state index contributed by atoms with van der Waals surface area (Å²) in [5.74, 6) is 0.263. The van der Waals surface area contributed by atoms with Crippen LogP contribution in [0.3, 0.4) is 0 Å². The van der Waals surface area contributed by atoms with E-state index >= 15 is 0 Å². The van der Waals surface area contributed by atoms with E-state index in [1.807, 2.05) is 0 Å². The van der Waals surface area contributed by atoms with Crippen LogP contribution >= 0.6 is 39.1 Å². The monoisotopic (exact) mass is 350 g/mol. The molecule has 0 aliphatic heterocycles. The molecule has 0 amide bonds. The number of hydrogen-bond donors (Lipinski definition) is 0. The molecule has 7 heteroatoms. The SMILES string of the molecule is COc1c(Br)cc(Cl)cc1C(Cl)CC(F)(F)F. The fourth-order valence-electron chi connectivity index (χ4n) is 1.34. The predicted molar refractivity (Wildman–Crippen MR) is 65.0 cm³/mol. The molecule has 0 radical (unpaired) electrons. The van der Waals surface area contributed by atoms with Gasteiger partial charge in [-0.2, -0.15) is 13.2 Å². The van der Waals surface area contributed by atoms with E-state index in [4.69, 9.17) is 27.9 Å². The lowest BCUT2D eigenvalue weighted by atomic mass is 10.1. The summed E-state index contributed by atoms with van der Waals surface area (Å²) in [6, 6.07) is 2.90. The highest BCUT2D eigenvalue weighted by Gasteiger charge is 2.33. The van der Waals surface area contributed by atoms with Gasteiger partial charge in [-0.05, 0) is 28.1 Å². The van der Waals surface area contributed by atoms with Crippen molar-refractivity contribution in [3.8, 4) is 5.75 Å². The summed E-state index contributed by atoms with van der Waals surface area (Å²) in [6.07, 6.45) is -5.48. The van der Waals surface area contributed by atoms with Gasteiger partial charge in [0, 0.05) is 10.6 Å². The van der Waals surface area contributed by atoms with E-state index in [0.717, 1.165) is 0 Å². The quantitative estimate of drug-likeness (QED) is 0.667. The molecule has 0 bridgehead atoms. The molecule has 0 saturated carbocycles. The van der Waals surface area contributed by atoms with Gasteiger partial charge in [0.2, 0.25) is 0 Å². The van der Waals surface area contributed by atoms with Crippen LogP contribution in [0.25, 0.3) is 0 Å². The Balaban J connectivity index is 3.11. The van der Waals surface area contributed by atoms with Crippen molar-refractivity contribution in [2.75, 3.05) is 7.11 Å². The maximum atomic E-state index is 12.3. The molecule has 0 spiro atoms. The highest BCUT2D eigenvalue weighted by molar-refractivity contribution is 9.10. The number of ether oxygens (including phenoxy) is 1. The van der Waals surface area contributed by atoms with Crippen molar-refractivity contribution in [1.29, 1.82) is 0 Å². The van der Waals surface area contributed by atoms with Crippen LogP contribution in [0.15, 0.2) is 16.6 Å². The van der Waals surface area contributed by atoms with Crippen molar-refractivity contribution >= 4 is 39.1 Å². The molecule has 0 aliphatic rings. The maximum absolute atomic E-state index is 12.3. The second-order valence-corrected chi connectivity index (χ2v) is 5.11. The van der Waals surface area contributed by atoms with Crippen LogP contribution in [0.5, 0.6) is 5.75 Å². The van der Waals surface area contributed by atoms with E-state index in [2.05, 4.69) is 15.9 Å². The Hall–Kier alpha value is -0.130. The number of methoxy groups -OCH3 is 1. The summed E-state index contributed by atoms with van der Waals surface area (Å²) in [5.41, 5.74) is 0.214. The van der Waals surface area contributed by atoms with Crippen molar-refractivity contribution in [1.82, 2.24) is 0 Å². The Kier molecular flexibility index (Phi) is 4.98. The van der Waals surface area contributed by atoms with Gasteiger partial charge in [0.05, 0.1) is 23.4 Å². The normalized spacial score (nSPS) is 13.6. The smallest absolute Gasteiger partial charge is 0.390 e. The first kappa shape index (κ1) is 14.9. The van der Waals surface area contributed by atoms with Crippen molar-refractivity contribution < 1.29 is 17.9 Å². The van der Waals surface area contributed by atoms with Crippen LogP contribution in [-0.4, -0.2) is 13.3 Å². The Morgan fingerprint density at radius 2 is 2.00 bits per heavy atom. The third kappa shape index (κ3) is 4.23. The molecule has 1 aromatic rings. The summed E-state index contributed by atoms with van der Waals surface area (Å²) < 4.78 is 42.3. The average Bonchev–Trinajstić information content (AvgIpc) is 2.13. The van der Waals surface area contributed by atoms with Gasteiger partial charge in [0.15, 0.2) is 0 Å². The summed E-state index contributed by atoms with van der Waals surface area (Å²) in [4.78, 5) is 0. The molecule has 0 fully saturated rings. The zero-order chi connectivity index (χ0) is 13.2. The zero-order valence-corrected chi connectivity index (χ0v) is 11.7. The van der Waals surface area contributed by atoms with Crippen LogP contribution in [0.1, 0.15) is 17.4 Å². The molecule has 1 aromatic carbocycles. The van der Waals surface area contributed by atoms with Crippen molar-refractivity contribution in [3.05, 3.63) is 27.2 Å². The third-order valence-electron chi connectivity index (χ3n) is 1.99. The molecule has 1 unspecified atom stereocenters. The molecule has 17 heavy (non-hydrogen) atoms. The van der Waals surface area contributed by atoms with Crippen LogP contribution in [0, 0.1) is 0 Å². The highest BCUT2D eigenvalue weighted by Crippen LogP contribution is 2.42. The number of benzene rings is 1. The first-order chi connectivity index (χ1) is 7.74. The summed E-state index contributed by atoms with van der Waals surface area (Å²) in [7, 11) is 1.36. The van der Waals surface area contributed by atoms with Crippen LogP contribution in [-0.2, 0) is 0 Å². The fourth-order valence-corrected chi connectivity index (χ4v) is 2.67. The highest BCUT2D eigenvalue weighted by atomic mass is 79.9. The molecule has 96 valence electrons. The van der Waals surface area contributed by atoms with Crippen LogP contribution in [0.2, 0.25) is 5.02 Å². The summed E-state index contributed by atoms with van der Waals surface area (Å²) in [6.45, 7) is 0. The van der Waals surface area contributed by atoms with Gasteiger partial charge < -0.3 is 4.74 Å². The molecule has 0 aromatic heterocycles. The lowest BCUT2D eigenvalue weighted by molar-refractivity contribution is -0.134. The van der Waals surface area contributed by atoms with Gasteiger partial charge >= 0.3 is 6.18 Å². The molecule has 1 rings (SSSR count). The number of halogens is 6.